The highest BCUT2D eigenvalue weighted by Gasteiger charge is 2.38. The minimum atomic E-state index is 0. The fourth-order valence-corrected chi connectivity index (χ4v) is 4.29. The van der Waals surface area contributed by atoms with Crippen LogP contribution in [0.2, 0.25) is 0 Å². The van der Waals surface area contributed by atoms with Gasteiger partial charge in [-0.1, -0.05) is 6.07 Å². The molecule has 1 aliphatic carbocycles. The molecule has 4 rings (SSSR count). The highest BCUT2D eigenvalue weighted by Crippen LogP contribution is 2.37. The monoisotopic (exact) mass is 320 g/mol. The van der Waals surface area contributed by atoms with Crippen LogP contribution < -0.4 is 5.32 Å². The van der Waals surface area contributed by atoms with Crippen molar-refractivity contribution in [2.24, 2.45) is 5.41 Å². The summed E-state index contributed by atoms with van der Waals surface area (Å²) in [6.45, 7) is 4.15. The van der Waals surface area contributed by atoms with E-state index in [1.54, 1.807) is 0 Å². The third-order valence-electron chi connectivity index (χ3n) is 5.79. The van der Waals surface area contributed by atoms with E-state index >= 15 is 0 Å². The Morgan fingerprint density at radius 1 is 1.09 bits per heavy atom. The van der Waals surface area contributed by atoms with E-state index in [0.717, 1.165) is 51.0 Å². The van der Waals surface area contributed by atoms with Gasteiger partial charge in [-0.25, -0.2) is 0 Å². The summed E-state index contributed by atoms with van der Waals surface area (Å²) in [6, 6.07) is 6.35. The molecule has 120 valence electrons. The number of piperidine rings is 1. The quantitative estimate of drug-likeness (QED) is 0.863. The minimum Gasteiger partial charge on any atom is -0.339 e. The Morgan fingerprint density at radius 3 is 2.59 bits per heavy atom. The van der Waals surface area contributed by atoms with E-state index in [2.05, 4.69) is 22.3 Å². The lowest BCUT2D eigenvalue weighted by molar-refractivity contribution is 0.0607. The van der Waals surface area contributed by atoms with Gasteiger partial charge in [0.15, 0.2) is 0 Å². The maximum atomic E-state index is 12.7. The van der Waals surface area contributed by atoms with Crippen LogP contribution in [0.4, 0.5) is 0 Å². The lowest BCUT2D eigenvalue weighted by Crippen LogP contribution is -2.44. The van der Waals surface area contributed by atoms with Crippen LogP contribution in [-0.2, 0) is 12.8 Å². The van der Waals surface area contributed by atoms with E-state index < -0.39 is 0 Å². The third-order valence-corrected chi connectivity index (χ3v) is 5.79. The molecule has 1 amide bonds. The first-order valence-corrected chi connectivity index (χ1v) is 8.38. The first kappa shape index (κ1) is 15.8. The molecule has 1 aromatic carbocycles. The van der Waals surface area contributed by atoms with E-state index in [4.69, 9.17) is 0 Å². The van der Waals surface area contributed by atoms with Crippen molar-refractivity contribution in [2.75, 3.05) is 26.2 Å². The Labute approximate surface area is 138 Å². The van der Waals surface area contributed by atoms with E-state index in [-0.39, 0.29) is 18.3 Å². The van der Waals surface area contributed by atoms with Crippen LogP contribution in [0.25, 0.3) is 0 Å². The van der Waals surface area contributed by atoms with Crippen molar-refractivity contribution < 1.29 is 4.79 Å². The molecule has 4 heteroatoms. The zero-order valence-electron chi connectivity index (χ0n) is 13.1. The number of nitrogens with one attached hydrogen (secondary N) is 1. The predicted molar refractivity (Wildman–Crippen MR) is 90.8 cm³/mol. The summed E-state index contributed by atoms with van der Waals surface area (Å²) in [4.78, 5) is 14.8. The maximum absolute atomic E-state index is 12.7. The van der Waals surface area contributed by atoms with Crippen molar-refractivity contribution in [3.05, 3.63) is 34.9 Å². The van der Waals surface area contributed by atoms with Crippen LogP contribution >= 0.6 is 12.4 Å². The van der Waals surface area contributed by atoms with Gasteiger partial charge in [0.25, 0.3) is 5.91 Å². The van der Waals surface area contributed by atoms with Crippen molar-refractivity contribution in [3.63, 3.8) is 0 Å². The molecule has 1 aromatic rings. The highest BCUT2D eigenvalue weighted by atomic mass is 35.5. The van der Waals surface area contributed by atoms with Crippen LogP contribution in [0.5, 0.6) is 0 Å². The van der Waals surface area contributed by atoms with Gasteiger partial charge in [0.2, 0.25) is 0 Å². The normalized spacial score (nSPS) is 22.5. The number of aryl methyl sites for hydroxylation is 2. The average molecular weight is 321 g/mol. The van der Waals surface area contributed by atoms with Crippen molar-refractivity contribution in [2.45, 2.75) is 38.5 Å². The summed E-state index contributed by atoms with van der Waals surface area (Å²) in [5.74, 6) is 0.241. The van der Waals surface area contributed by atoms with Gasteiger partial charge in [-0.15, -0.1) is 12.4 Å². The molecular weight excluding hydrogens is 296 g/mol. The summed E-state index contributed by atoms with van der Waals surface area (Å²) >= 11 is 0. The summed E-state index contributed by atoms with van der Waals surface area (Å²) in [5.41, 5.74) is 4.22. The lowest BCUT2D eigenvalue weighted by atomic mass is 9.78. The number of carbonyl (C=O) groups excluding carboxylic acids is 1. The second-order valence-corrected chi connectivity index (χ2v) is 7.06. The van der Waals surface area contributed by atoms with Crippen molar-refractivity contribution in [1.82, 2.24) is 10.2 Å². The maximum Gasteiger partial charge on any atom is 0.253 e. The fourth-order valence-electron chi connectivity index (χ4n) is 4.29. The van der Waals surface area contributed by atoms with Gasteiger partial charge in [0.05, 0.1) is 0 Å². The van der Waals surface area contributed by atoms with Gasteiger partial charge < -0.3 is 10.2 Å². The topological polar surface area (TPSA) is 32.3 Å². The molecule has 2 fully saturated rings. The molecule has 1 spiro atoms. The molecule has 3 nitrogen and oxygen atoms in total. The second kappa shape index (κ2) is 6.21. The zero-order valence-corrected chi connectivity index (χ0v) is 13.9. The van der Waals surface area contributed by atoms with Gasteiger partial charge in [-0.2, -0.15) is 0 Å². The number of amides is 1. The van der Waals surface area contributed by atoms with Crippen LogP contribution in [0.3, 0.4) is 0 Å². The van der Waals surface area contributed by atoms with Gasteiger partial charge in [-0.05, 0) is 73.7 Å². The molecule has 22 heavy (non-hydrogen) atoms. The van der Waals surface area contributed by atoms with Gasteiger partial charge in [-0.3, -0.25) is 4.79 Å². The predicted octanol–water partition coefficient (Wildman–Crippen LogP) is 2.81. The summed E-state index contributed by atoms with van der Waals surface area (Å²) in [7, 11) is 0. The van der Waals surface area contributed by atoms with Crippen LogP contribution in [0, 0.1) is 5.41 Å². The Bertz CT molecular complexity index is 556. The van der Waals surface area contributed by atoms with Gasteiger partial charge >= 0.3 is 0 Å². The number of fused-ring (bicyclic) bond motifs is 1. The number of hydrogen-bond donors (Lipinski definition) is 1. The summed E-state index contributed by atoms with van der Waals surface area (Å²) in [5, 5.41) is 3.48. The number of rotatable bonds is 1. The standard InChI is InChI=1S/C18H24N2O.ClH/c21-17(16-5-4-14-2-1-3-15(14)12-16)20-10-7-18(8-11-20)6-9-19-13-18;/h4-5,12,19H,1-3,6-11,13H2;1H. The number of hydrogen-bond acceptors (Lipinski definition) is 2. The first-order chi connectivity index (χ1) is 10.3. The Hall–Kier alpha value is -1.06. The van der Waals surface area contributed by atoms with Crippen molar-refractivity contribution in [1.29, 1.82) is 0 Å². The summed E-state index contributed by atoms with van der Waals surface area (Å²) in [6.07, 6.45) is 7.18. The minimum absolute atomic E-state index is 0. The smallest absolute Gasteiger partial charge is 0.253 e. The van der Waals surface area contributed by atoms with Gasteiger partial charge in [0.1, 0.15) is 0 Å². The second-order valence-electron chi connectivity index (χ2n) is 7.06. The van der Waals surface area contributed by atoms with E-state index in [0.29, 0.717) is 5.41 Å². The third kappa shape index (κ3) is 2.77. The zero-order chi connectivity index (χ0) is 14.3. The fraction of sp³-hybridized carbons (Fsp3) is 0.611. The molecule has 0 bridgehead atoms. The Kier molecular flexibility index (Phi) is 4.47. The Balaban J connectivity index is 0.00000144. The molecule has 2 saturated heterocycles. The van der Waals surface area contributed by atoms with Crippen LogP contribution in [0.1, 0.15) is 47.2 Å². The largest absolute Gasteiger partial charge is 0.339 e. The number of carbonyl (C=O) groups is 1. The Morgan fingerprint density at radius 2 is 1.86 bits per heavy atom. The van der Waals surface area contributed by atoms with Gasteiger partial charge in [0, 0.05) is 25.2 Å². The number of halogens is 1. The van der Waals surface area contributed by atoms with Crippen molar-refractivity contribution in [3.8, 4) is 0 Å². The molecule has 0 radical (unpaired) electrons. The molecule has 3 aliphatic rings. The molecule has 0 atom stereocenters. The average Bonchev–Trinajstić information content (AvgIpc) is 3.16. The molecule has 0 aromatic heterocycles. The summed E-state index contributed by atoms with van der Waals surface area (Å²) < 4.78 is 0. The van der Waals surface area contributed by atoms with E-state index in [9.17, 15) is 4.79 Å². The van der Waals surface area contributed by atoms with E-state index in [1.807, 2.05) is 6.07 Å². The molecule has 0 unspecified atom stereocenters. The van der Waals surface area contributed by atoms with Crippen LogP contribution in [-0.4, -0.2) is 37.0 Å². The first-order valence-electron chi connectivity index (χ1n) is 8.38. The number of nitrogens with zero attached hydrogens (tertiary/aromatic N) is 1. The molecule has 2 aliphatic heterocycles. The number of likely N-dealkylation sites (tertiary alicyclic amines) is 1. The number of benzene rings is 1. The molecular formula is C18H25ClN2O. The molecule has 0 saturated carbocycles. The molecule has 1 N–H and O–H groups in total. The lowest BCUT2D eigenvalue weighted by Gasteiger charge is -2.39. The van der Waals surface area contributed by atoms with E-state index in [1.165, 1.54) is 30.4 Å². The van der Waals surface area contributed by atoms with Crippen LogP contribution in [0.15, 0.2) is 18.2 Å². The SMILES string of the molecule is Cl.O=C(c1ccc2c(c1)CCC2)N1CCC2(CCNC2)CC1. The highest BCUT2D eigenvalue weighted by molar-refractivity contribution is 5.94. The molecule has 2 heterocycles. The van der Waals surface area contributed by atoms with Crippen molar-refractivity contribution >= 4 is 18.3 Å².